The van der Waals surface area contributed by atoms with Crippen LogP contribution in [0.1, 0.15) is 0 Å². The molecule has 0 amide bonds. The number of benzene rings is 2. The molecule has 0 aliphatic heterocycles. The zero-order chi connectivity index (χ0) is 12.7. The maximum absolute atomic E-state index is 2.28. The van der Waals surface area contributed by atoms with Gasteiger partial charge in [0.05, 0.1) is 11.1 Å². The van der Waals surface area contributed by atoms with E-state index < -0.39 is 0 Å². The standard InChI is InChI=1S/C16H17N2/c1-17(2)15-9-6-10-16-13(15)11-12-7-4-5-8-14(12)18(16)3/h4-11H,1-3H3/q+1. The lowest BCUT2D eigenvalue weighted by atomic mass is 10.1. The number of hydrogen-bond acceptors (Lipinski definition) is 1. The summed E-state index contributed by atoms with van der Waals surface area (Å²) in [5.41, 5.74) is 3.79. The predicted octanol–water partition coefficient (Wildman–Crippen LogP) is 2.88. The third-order valence-corrected chi connectivity index (χ3v) is 3.50. The van der Waals surface area contributed by atoms with Gasteiger partial charge < -0.3 is 4.90 Å². The van der Waals surface area contributed by atoms with Crippen molar-refractivity contribution in [2.24, 2.45) is 7.05 Å². The molecule has 2 aromatic carbocycles. The Kier molecular flexibility index (Phi) is 2.44. The summed E-state index contributed by atoms with van der Waals surface area (Å²) in [5, 5.41) is 2.57. The van der Waals surface area contributed by atoms with Crippen LogP contribution in [0.4, 0.5) is 5.69 Å². The highest BCUT2D eigenvalue weighted by molar-refractivity contribution is 5.96. The molecular weight excluding hydrogens is 220 g/mol. The average Bonchev–Trinajstić information content (AvgIpc) is 2.38. The number of fused-ring (bicyclic) bond motifs is 2. The Hall–Kier alpha value is -2.09. The van der Waals surface area contributed by atoms with Crippen LogP contribution in [0.15, 0.2) is 48.5 Å². The molecule has 0 saturated carbocycles. The van der Waals surface area contributed by atoms with E-state index in [0.29, 0.717) is 0 Å². The third kappa shape index (κ3) is 1.53. The van der Waals surface area contributed by atoms with E-state index in [2.05, 4.69) is 79.1 Å². The molecule has 0 N–H and O–H groups in total. The molecule has 0 radical (unpaired) electrons. The second kappa shape index (κ2) is 3.98. The highest BCUT2D eigenvalue weighted by Gasteiger charge is 2.13. The number of anilines is 1. The Morgan fingerprint density at radius 1 is 0.889 bits per heavy atom. The normalized spacial score (nSPS) is 11.1. The van der Waals surface area contributed by atoms with Crippen LogP contribution in [0.3, 0.4) is 0 Å². The number of rotatable bonds is 1. The summed E-state index contributed by atoms with van der Waals surface area (Å²) in [6, 6.07) is 17.2. The van der Waals surface area contributed by atoms with Gasteiger partial charge >= 0.3 is 0 Å². The first kappa shape index (κ1) is 11.0. The molecule has 1 heterocycles. The number of aryl methyl sites for hydroxylation is 1. The van der Waals surface area contributed by atoms with Gasteiger partial charge in [0.25, 0.3) is 0 Å². The third-order valence-electron chi connectivity index (χ3n) is 3.50. The Morgan fingerprint density at radius 2 is 1.61 bits per heavy atom. The Morgan fingerprint density at radius 3 is 2.39 bits per heavy atom. The van der Waals surface area contributed by atoms with E-state index in [-0.39, 0.29) is 0 Å². The van der Waals surface area contributed by atoms with Crippen molar-refractivity contribution in [1.82, 2.24) is 0 Å². The number of para-hydroxylation sites is 1. The van der Waals surface area contributed by atoms with Gasteiger partial charge in [-0.1, -0.05) is 18.2 Å². The molecule has 0 atom stereocenters. The molecule has 0 spiro atoms. The molecule has 0 bridgehead atoms. The molecular formula is C16H17N2+. The van der Waals surface area contributed by atoms with Crippen LogP contribution in [0, 0.1) is 0 Å². The molecule has 0 saturated heterocycles. The van der Waals surface area contributed by atoms with Crippen molar-refractivity contribution in [2.75, 3.05) is 19.0 Å². The smallest absolute Gasteiger partial charge is 0.214 e. The molecule has 90 valence electrons. The minimum atomic E-state index is 1.26. The molecule has 3 aromatic rings. The Labute approximate surface area is 107 Å². The lowest BCUT2D eigenvalue weighted by Crippen LogP contribution is -2.30. The Bertz CT molecular complexity index is 730. The van der Waals surface area contributed by atoms with Crippen molar-refractivity contribution in [1.29, 1.82) is 0 Å². The molecule has 2 heteroatoms. The first-order valence-corrected chi connectivity index (χ1v) is 6.16. The van der Waals surface area contributed by atoms with E-state index in [1.807, 2.05) is 0 Å². The molecule has 3 rings (SSSR count). The quantitative estimate of drug-likeness (QED) is 0.466. The van der Waals surface area contributed by atoms with Crippen molar-refractivity contribution >= 4 is 27.5 Å². The minimum absolute atomic E-state index is 1.26. The number of aromatic nitrogens is 1. The first-order chi connectivity index (χ1) is 8.68. The van der Waals surface area contributed by atoms with E-state index in [0.717, 1.165) is 0 Å². The Balaban J connectivity index is 2.51. The van der Waals surface area contributed by atoms with Gasteiger partial charge in [0, 0.05) is 31.6 Å². The fourth-order valence-electron chi connectivity index (χ4n) is 2.57. The summed E-state index contributed by atoms with van der Waals surface area (Å²) in [4.78, 5) is 2.16. The van der Waals surface area contributed by atoms with Crippen LogP contribution in [0.2, 0.25) is 0 Å². The predicted molar refractivity (Wildman–Crippen MR) is 77.0 cm³/mol. The van der Waals surface area contributed by atoms with Gasteiger partial charge in [-0.15, -0.1) is 0 Å². The fraction of sp³-hybridized carbons (Fsp3) is 0.188. The van der Waals surface area contributed by atoms with Gasteiger partial charge in [-0.3, -0.25) is 0 Å². The van der Waals surface area contributed by atoms with Crippen LogP contribution in [0.5, 0.6) is 0 Å². The second-order valence-corrected chi connectivity index (χ2v) is 4.87. The van der Waals surface area contributed by atoms with Crippen LogP contribution in [-0.2, 0) is 7.05 Å². The summed E-state index contributed by atoms with van der Waals surface area (Å²) in [5.74, 6) is 0. The number of pyridine rings is 1. The van der Waals surface area contributed by atoms with Crippen LogP contribution >= 0.6 is 0 Å². The zero-order valence-electron chi connectivity index (χ0n) is 11.0. The molecule has 0 fully saturated rings. The van der Waals surface area contributed by atoms with Gasteiger partial charge in [-0.25, -0.2) is 0 Å². The van der Waals surface area contributed by atoms with Gasteiger partial charge in [0.1, 0.15) is 7.05 Å². The van der Waals surface area contributed by atoms with E-state index in [1.165, 1.54) is 27.5 Å². The lowest BCUT2D eigenvalue weighted by Gasteiger charge is -2.14. The maximum Gasteiger partial charge on any atom is 0.214 e. The SMILES string of the molecule is CN(C)c1cccc2c1cc1ccccc1[n+]2C. The fourth-order valence-corrected chi connectivity index (χ4v) is 2.57. The summed E-state index contributed by atoms with van der Waals surface area (Å²) in [7, 11) is 6.30. The van der Waals surface area contributed by atoms with Crippen molar-refractivity contribution in [3.8, 4) is 0 Å². The van der Waals surface area contributed by atoms with Gasteiger partial charge in [-0.05, 0) is 18.2 Å². The lowest BCUT2D eigenvalue weighted by molar-refractivity contribution is -0.617. The summed E-state index contributed by atoms with van der Waals surface area (Å²) < 4.78 is 2.26. The number of nitrogens with zero attached hydrogens (tertiary/aromatic N) is 2. The van der Waals surface area contributed by atoms with Crippen molar-refractivity contribution < 1.29 is 4.57 Å². The molecule has 18 heavy (non-hydrogen) atoms. The minimum Gasteiger partial charge on any atom is -0.377 e. The first-order valence-electron chi connectivity index (χ1n) is 6.16. The van der Waals surface area contributed by atoms with E-state index in [1.54, 1.807) is 0 Å². The number of hydrogen-bond donors (Lipinski definition) is 0. The van der Waals surface area contributed by atoms with Crippen molar-refractivity contribution in [2.45, 2.75) is 0 Å². The largest absolute Gasteiger partial charge is 0.377 e. The average molecular weight is 237 g/mol. The highest BCUT2D eigenvalue weighted by atomic mass is 15.1. The maximum atomic E-state index is 2.28. The van der Waals surface area contributed by atoms with Crippen molar-refractivity contribution in [3.05, 3.63) is 48.5 Å². The highest BCUT2D eigenvalue weighted by Crippen LogP contribution is 2.26. The van der Waals surface area contributed by atoms with Crippen LogP contribution < -0.4 is 9.47 Å². The zero-order valence-corrected chi connectivity index (χ0v) is 11.0. The van der Waals surface area contributed by atoms with Crippen LogP contribution in [-0.4, -0.2) is 14.1 Å². The van der Waals surface area contributed by atoms with E-state index >= 15 is 0 Å². The topological polar surface area (TPSA) is 7.12 Å². The van der Waals surface area contributed by atoms with Crippen LogP contribution in [0.25, 0.3) is 21.8 Å². The molecule has 0 unspecified atom stereocenters. The monoisotopic (exact) mass is 237 g/mol. The molecule has 1 aromatic heterocycles. The van der Waals surface area contributed by atoms with Gasteiger partial charge in [-0.2, -0.15) is 4.57 Å². The van der Waals surface area contributed by atoms with Gasteiger partial charge in [0.15, 0.2) is 0 Å². The summed E-state index contributed by atoms with van der Waals surface area (Å²) in [6.45, 7) is 0. The molecule has 0 aliphatic carbocycles. The van der Waals surface area contributed by atoms with Crippen molar-refractivity contribution in [3.63, 3.8) is 0 Å². The van der Waals surface area contributed by atoms with E-state index in [4.69, 9.17) is 0 Å². The van der Waals surface area contributed by atoms with E-state index in [9.17, 15) is 0 Å². The summed E-state index contributed by atoms with van der Waals surface area (Å²) >= 11 is 0. The second-order valence-electron chi connectivity index (χ2n) is 4.87. The summed E-state index contributed by atoms with van der Waals surface area (Å²) in [6.07, 6.45) is 0. The molecule has 2 nitrogen and oxygen atoms in total. The molecule has 0 aliphatic rings. The van der Waals surface area contributed by atoms with Gasteiger partial charge in [0.2, 0.25) is 11.0 Å².